The van der Waals surface area contributed by atoms with Gasteiger partial charge in [0.2, 0.25) is 0 Å². The zero-order valence-electron chi connectivity index (χ0n) is 12.4. The predicted molar refractivity (Wildman–Crippen MR) is 83.1 cm³/mol. The topological polar surface area (TPSA) is 61.4 Å². The van der Waals surface area contributed by atoms with Crippen LogP contribution in [-0.2, 0) is 0 Å². The van der Waals surface area contributed by atoms with E-state index in [-0.39, 0.29) is 0 Å². The van der Waals surface area contributed by atoms with E-state index in [1.165, 1.54) is 0 Å². The van der Waals surface area contributed by atoms with Crippen LogP contribution >= 0.6 is 0 Å². The number of benzene rings is 1. The molecule has 3 rings (SSSR count). The average Bonchev–Trinajstić information content (AvgIpc) is 2.55. The number of carboxylic acids is 1. The Balaban J connectivity index is 1.97. The zero-order valence-corrected chi connectivity index (χ0v) is 12.4. The molecule has 0 spiro atoms. The van der Waals surface area contributed by atoms with Gasteiger partial charge in [-0.25, -0.2) is 4.79 Å². The number of hydrogen-bond acceptors (Lipinski definition) is 3. The van der Waals surface area contributed by atoms with Gasteiger partial charge in [0, 0.05) is 0 Å². The van der Waals surface area contributed by atoms with Crippen molar-refractivity contribution in [1.82, 2.24) is 10.6 Å². The molecule has 4 nitrogen and oxygen atoms in total. The summed E-state index contributed by atoms with van der Waals surface area (Å²) in [5.74, 6) is 0.0238. The Bertz CT molecular complexity index is 467. The van der Waals surface area contributed by atoms with Crippen molar-refractivity contribution in [2.24, 2.45) is 0 Å². The van der Waals surface area contributed by atoms with E-state index in [9.17, 15) is 9.90 Å². The highest BCUT2D eigenvalue weighted by atomic mass is 16.4. The molecule has 0 atom stereocenters. The minimum atomic E-state index is -0.752. The van der Waals surface area contributed by atoms with Gasteiger partial charge in [-0.3, -0.25) is 0 Å². The van der Waals surface area contributed by atoms with Crippen molar-refractivity contribution >= 4 is 5.97 Å². The molecule has 21 heavy (non-hydrogen) atoms. The summed E-state index contributed by atoms with van der Waals surface area (Å²) in [7, 11) is 0. The molecule has 2 heterocycles. The third-order valence-corrected chi connectivity index (χ3v) is 4.90. The Hall–Kier alpha value is -1.39. The first-order valence-electron chi connectivity index (χ1n) is 8.05. The summed E-state index contributed by atoms with van der Waals surface area (Å²) < 4.78 is 0. The van der Waals surface area contributed by atoms with Crippen molar-refractivity contribution in [3.63, 3.8) is 0 Å². The molecule has 3 N–H and O–H groups in total. The minimum Gasteiger partial charge on any atom is -0.478 e. The van der Waals surface area contributed by atoms with Crippen LogP contribution in [0.3, 0.4) is 0 Å². The number of nitrogens with one attached hydrogen (secondary N) is 2. The molecule has 114 valence electrons. The molecule has 2 saturated heterocycles. The second-order valence-corrected chi connectivity index (χ2v) is 6.17. The molecule has 4 heteroatoms. The standard InChI is InChI=1S/C17H24N2O2/c20-17(21)16-14(12-4-8-18-9-5-12)2-1-3-15(16)13-6-10-19-11-7-13/h1-3,12-13,18-19H,4-11H2,(H,20,21). The van der Waals surface area contributed by atoms with E-state index in [2.05, 4.69) is 16.7 Å². The van der Waals surface area contributed by atoms with Gasteiger partial charge in [-0.15, -0.1) is 0 Å². The summed E-state index contributed by atoms with van der Waals surface area (Å²) in [6.07, 6.45) is 4.15. The Labute approximate surface area is 125 Å². The van der Waals surface area contributed by atoms with Crippen molar-refractivity contribution in [2.75, 3.05) is 26.2 Å². The van der Waals surface area contributed by atoms with Crippen molar-refractivity contribution in [1.29, 1.82) is 0 Å². The highest BCUT2D eigenvalue weighted by Gasteiger charge is 2.27. The van der Waals surface area contributed by atoms with Crippen LogP contribution in [0.1, 0.15) is 59.0 Å². The van der Waals surface area contributed by atoms with Gasteiger partial charge in [0.05, 0.1) is 5.56 Å². The van der Waals surface area contributed by atoms with E-state index in [1.54, 1.807) is 0 Å². The van der Waals surface area contributed by atoms with Gasteiger partial charge in [0.1, 0.15) is 0 Å². The maximum Gasteiger partial charge on any atom is 0.336 e. The smallest absolute Gasteiger partial charge is 0.336 e. The highest BCUT2D eigenvalue weighted by molar-refractivity contribution is 5.91. The van der Waals surface area contributed by atoms with Gasteiger partial charge < -0.3 is 15.7 Å². The summed E-state index contributed by atoms with van der Waals surface area (Å²) >= 11 is 0. The third kappa shape index (κ3) is 3.11. The Morgan fingerprint density at radius 2 is 1.33 bits per heavy atom. The average molecular weight is 288 g/mol. The van der Waals surface area contributed by atoms with Crippen LogP contribution in [0.2, 0.25) is 0 Å². The van der Waals surface area contributed by atoms with Gasteiger partial charge in [0.15, 0.2) is 0 Å². The number of piperidine rings is 2. The number of aromatic carboxylic acids is 1. The van der Waals surface area contributed by atoms with Crippen LogP contribution in [0.5, 0.6) is 0 Å². The van der Waals surface area contributed by atoms with Crippen LogP contribution in [0.4, 0.5) is 0 Å². The van der Waals surface area contributed by atoms with Crippen LogP contribution in [0.25, 0.3) is 0 Å². The van der Waals surface area contributed by atoms with E-state index in [4.69, 9.17) is 0 Å². The molecule has 0 unspecified atom stereocenters. The van der Waals surface area contributed by atoms with Crippen molar-refractivity contribution < 1.29 is 9.90 Å². The molecule has 1 aromatic rings. The fourth-order valence-electron chi connectivity index (χ4n) is 3.78. The third-order valence-electron chi connectivity index (χ3n) is 4.90. The summed E-state index contributed by atoms with van der Waals surface area (Å²) in [4.78, 5) is 11.9. The van der Waals surface area contributed by atoms with E-state index in [0.717, 1.165) is 63.0 Å². The molecule has 1 aromatic carbocycles. The summed E-state index contributed by atoms with van der Waals surface area (Å²) in [5.41, 5.74) is 2.70. The molecule has 0 aliphatic carbocycles. The number of rotatable bonds is 3. The van der Waals surface area contributed by atoms with E-state index in [0.29, 0.717) is 17.4 Å². The number of carbonyl (C=O) groups is 1. The van der Waals surface area contributed by atoms with Crippen LogP contribution in [0.15, 0.2) is 18.2 Å². The molecule has 2 aliphatic rings. The first-order valence-corrected chi connectivity index (χ1v) is 8.05. The Morgan fingerprint density at radius 3 is 1.71 bits per heavy atom. The van der Waals surface area contributed by atoms with Crippen LogP contribution in [-0.4, -0.2) is 37.3 Å². The molecule has 0 bridgehead atoms. The van der Waals surface area contributed by atoms with E-state index < -0.39 is 5.97 Å². The maximum absolute atomic E-state index is 11.9. The minimum absolute atomic E-state index is 0.388. The van der Waals surface area contributed by atoms with Gasteiger partial charge >= 0.3 is 5.97 Å². The summed E-state index contributed by atoms with van der Waals surface area (Å²) in [6.45, 7) is 3.95. The van der Waals surface area contributed by atoms with Gasteiger partial charge in [0.25, 0.3) is 0 Å². The lowest BCUT2D eigenvalue weighted by Gasteiger charge is -2.28. The first-order chi connectivity index (χ1) is 10.3. The van der Waals surface area contributed by atoms with Crippen LogP contribution in [0, 0.1) is 0 Å². The molecule has 0 saturated carbocycles. The Morgan fingerprint density at radius 1 is 0.905 bits per heavy atom. The van der Waals surface area contributed by atoms with Gasteiger partial charge in [-0.05, 0) is 74.8 Å². The number of carboxylic acid groups (broad SMARTS) is 1. The second kappa shape index (κ2) is 6.58. The molecular formula is C17H24N2O2. The highest BCUT2D eigenvalue weighted by Crippen LogP contribution is 2.35. The SMILES string of the molecule is O=C(O)c1c(C2CCNCC2)cccc1C1CCNCC1. The maximum atomic E-state index is 11.9. The lowest BCUT2D eigenvalue weighted by molar-refractivity contribution is 0.0692. The Kier molecular flexibility index (Phi) is 4.56. The summed E-state index contributed by atoms with van der Waals surface area (Å²) in [5, 5.41) is 16.5. The molecule has 0 radical (unpaired) electrons. The van der Waals surface area contributed by atoms with Gasteiger partial charge in [-0.2, -0.15) is 0 Å². The lowest BCUT2D eigenvalue weighted by Crippen LogP contribution is -2.29. The molecule has 2 fully saturated rings. The van der Waals surface area contributed by atoms with Crippen molar-refractivity contribution in [3.8, 4) is 0 Å². The van der Waals surface area contributed by atoms with E-state index >= 15 is 0 Å². The lowest BCUT2D eigenvalue weighted by atomic mass is 9.80. The molecule has 0 amide bonds. The zero-order chi connectivity index (χ0) is 14.7. The van der Waals surface area contributed by atoms with Crippen molar-refractivity contribution in [2.45, 2.75) is 37.5 Å². The predicted octanol–water partition coefficient (Wildman–Crippen LogP) is 2.32. The van der Waals surface area contributed by atoms with E-state index in [1.807, 2.05) is 12.1 Å². The normalized spacial score (nSPS) is 21.3. The first kappa shape index (κ1) is 14.5. The second-order valence-electron chi connectivity index (χ2n) is 6.17. The molecule has 2 aliphatic heterocycles. The van der Waals surface area contributed by atoms with Gasteiger partial charge in [-0.1, -0.05) is 18.2 Å². The monoisotopic (exact) mass is 288 g/mol. The molecular weight excluding hydrogens is 264 g/mol. The quantitative estimate of drug-likeness (QED) is 0.799. The van der Waals surface area contributed by atoms with Crippen LogP contribution < -0.4 is 10.6 Å². The van der Waals surface area contributed by atoms with Crippen molar-refractivity contribution in [3.05, 3.63) is 34.9 Å². The fourth-order valence-corrected chi connectivity index (χ4v) is 3.78. The number of hydrogen-bond donors (Lipinski definition) is 3. The largest absolute Gasteiger partial charge is 0.478 e. The summed E-state index contributed by atoms with van der Waals surface area (Å²) in [6, 6.07) is 6.12. The molecule has 0 aromatic heterocycles. The fraction of sp³-hybridized carbons (Fsp3) is 0.588.